The summed E-state index contributed by atoms with van der Waals surface area (Å²) < 4.78 is 6.30. The number of fused-ring (bicyclic) bond motifs is 4. The van der Waals surface area contributed by atoms with Crippen LogP contribution in [0, 0.1) is 11.3 Å². The molecule has 5 N–H and O–H groups in total. The van der Waals surface area contributed by atoms with Gasteiger partial charge in [0, 0.05) is 13.1 Å². The Kier molecular flexibility index (Phi) is 9.06. The molecular formula is C29H35N3O8. The molecule has 11 nitrogen and oxygen atoms in total. The fraction of sp³-hybridized carbons (Fsp3) is 0.448. The van der Waals surface area contributed by atoms with Crippen molar-refractivity contribution >= 4 is 23.9 Å². The van der Waals surface area contributed by atoms with Gasteiger partial charge in [-0.2, -0.15) is 0 Å². The third-order valence-corrected chi connectivity index (χ3v) is 7.80. The van der Waals surface area contributed by atoms with Crippen molar-refractivity contribution in [2.75, 3.05) is 26.2 Å². The van der Waals surface area contributed by atoms with E-state index in [2.05, 4.69) is 64.4 Å². The van der Waals surface area contributed by atoms with E-state index in [0.29, 0.717) is 11.9 Å². The highest BCUT2D eigenvalue weighted by atomic mass is 16.5. The predicted octanol–water partition coefficient (Wildman–Crippen LogP) is 2.43. The maximum atomic E-state index is 10.3. The molecule has 11 heteroatoms. The van der Waals surface area contributed by atoms with E-state index < -0.39 is 36.4 Å². The van der Waals surface area contributed by atoms with Crippen LogP contribution < -0.4 is 0 Å². The van der Waals surface area contributed by atoms with Crippen LogP contribution in [0.25, 0.3) is 0 Å². The highest BCUT2D eigenvalue weighted by molar-refractivity contribution is 5.88. The molecule has 2 bridgehead atoms. The molecule has 0 radical (unpaired) electrons. The number of carbonyl (C=O) groups is 3. The molecule has 2 atom stereocenters. The first kappa shape index (κ1) is 29.0. The Labute approximate surface area is 232 Å². The molecule has 4 heterocycles. The largest absolute Gasteiger partial charge is 0.481 e. The van der Waals surface area contributed by atoms with Crippen molar-refractivity contribution in [3.05, 3.63) is 71.3 Å². The third kappa shape index (κ3) is 6.78. The van der Waals surface area contributed by atoms with Gasteiger partial charge in [0.15, 0.2) is 5.60 Å². The van der Waals surface area contributed by atoms with E-state index in [0.717, 1.165) is 19.5 Å². The van der Waals surface area contributed by atoms with Crippen LogP contribution in [0.1, 0.15) is 48.4 Å². The van der Waals surface area contributed by atoms with Crippen LogP contribution in [0.4, 0.5) is 0 Å². The third-order valence-electron chi connectivity index (χ3n) is 7.80. The normalized spacial score (nSPS) is 23.3. The van der Waals surface area contributed by atoms with E-state index in [1.165, 1.54) is 42.6 Å². The van der Waals surface area contributed by atoms with Crippen molar-refractivity contribution in [3.8, 4) is 0 Å². The Hall–Kier alpha value is -3.96. The van der Waals surface area contributed by atoms with Gasteiger partial charge in [-0.05, 0) is 55.0 Å². The topological polar surface area (TPSA) is 172 Å². The van der Waals surface area contributed by atoms with E-state index in [1.807, 2.05) is 0 Å². The van der Waals surface area contributed by atoms with Gasteiger partial charge in [-0.25, -0.2) is 4.79 Å². The number of aliphatic carboxylic acids is 3. The lowest BCUT2D eigenvalue weighted by molar-refractivity contribution is -0.170. The average Bonchev–Trinajstić information content (AvgIpc) is 2.93. The quantitative estimate of drug-likeness (QED) is 0.253. The van der Waals surface area contributed by atoms with Crippen molar-refractivity contribution in [3.63, 3.8) is 0 Å². The Morgan fingerprint density at radius 2 is 1.50 bits per heavy atom. The summed E-state index contributed by atoms with van der Waals surface area (Å²) in [4.78, 5) is 35.1. The van der Waals surface area contributed by atoms with E-state index in [4.69, 9.17) is 30.6 Å². The molecule has 0 aromatic heterocycles. The number of hydrogen-bond donors (Lipinski definition) is 5. The molecule has 40 heavy (non-hydrogen) atoms. The molecule has 0 aliphatic carbocycles. The summed E-state index contributed by atoms with van der Waals surface area (Å²) in [6.07, 6.45) is 1.27. The van der Waals surface area contributed by atoms with Crippen molar-refractivity contribution in [1.82, 2.24) is 9.80 Å². The molecule has 2 aromatic rings. The van der Waals surface area contributed by atoms with Crippen LogP contribution in [-0.2, 0) is 25.5 Å². The highest BCUT2D eigenvalue weighted by Gasteiger charge is 2.41. The number of nitrogens with zero attached hydrogens (tertiary/aromatic N) is 2. The molecule has 3 saturated heterocycles. The molecule has 3 fully saturated rings. The van der Waals surface area contributed by atoms with Gasteiger partial charge in [0.2, 0.25) is 0 Å². The first-order valence-corrected chi connectivity index (χ1v) is 13.3. The minimum atomic E-state index is -2.74. The van der Waals surface area contributed by atoms with Crippen LogP contribution in [0.2, 0.25) is 0 Å². The van der Waals surface area contributed by atoms with E-state index >= 15 is 0 Å². The Morgan fingerprint density at radius 1 is 0.900 bits per heavy atom. The van der Waals surface area contributed by atoms with Crippen LogP contribution in [-0.4, -0.2) is 92.0 Å². The lowest BCUT2D eigenvalue weighted by Gasteiger charge is -2.46. The van der Waals surface area contributed by atoms with Gasteiger partial charge in [0.05, 0.1) is 18.9 Å². The van der Waals surface area contributed by atoms with Gasteiger partial charge in [0.25, 0.3) is 6.02 Å². The molecule has 4 aliphatic heterocycles. The Bertz CT molecular complexity index is 1210. The Balaban J connectivity index is 0.000000243. The maximum Gasteiger partial charge on any atom is 0.336 e. The molecule has 4 aliphatic rings. The zero-order valence-corrected chi connectivity index (χ0v) is 22.1. The molecule has 214 valence electrons. The lowest BCUT2D eigenvalue weighted by Crippen LogP contribution is -2.53. The molecular weight excluding hydrogens is 518 g/mol. The summed E-state index contributed by atoms with van der Waals surface area (Å²) in [5.41, 5.74) is 1.18. The fourth-order valence-electron chi connectivity index (χ4n) is 5.75. The zero-order valence-electron chi connectivity index (χ0n) is 22.1. The number of nitrogens with one attached hydrogen (secondary N) is 1. The number of carboxylic acids is 3. The first-order chi connectivity index (χ1) is 19.1. The minimum absolute atomic E-state index is 0.0599. The predicted molar refractivity (Wildman–Crippen MR) is 144 cm³/mol. The monoisotopic (exact) mass is 553 g/mol. The molecule has 0 amide bonds. The fourth-order valence-corrected chi connectivity index (χ4v) is 5.75. The van der Waals surface area contributed by atoms with Crippen molar-refractivity contribution in [1.29, 1.82) is 5.41 Å². The average molecular weight is 554 g/mol. The Morgan fingerprint density at radius 3 is 2.05 bits per heavy atom. The van der Waals surface area contributed by atoms with Gasteiger partial charge in [0.1, 0.15) is 6.10 Å². The van der Waals surface area contributed by atoms with Gasteiger partial charge in [-0.15, -0.1) is 0 Å². The van der Waals surface area contributed by atoms with Crippen LogP contribution in [0.15, 0.2) is 54.6 Å². The van der Waals surface area contributed by atoms with Crippen molar-refractivity contribution in [2.45, 2.75) is 49.9 Å². The standard InChI is InChI=1S/C23H27N3O.C6H8O7/c24-23(27-21-16-25-13-10-18(21)11-14-25)26-15-12-17-6-4-5-9-20(17)22(26)19-7-2-1-3-8-19;7-3(8)1-6(13,5(11)12)2-4(9)10/h1-9,18,21-22,24H,10-16H2;13H,1-2H2,(H,7,8)(H,9,10)(H,11,12). The van der Waals surface area contributed by atoms with Crippen LogP contribution in [0.5, 0.6) is 0 Å². The molecule has 2 aromatic carbocycles. The zero-order chi connectivity index (χ0) is 28.9. The summed E-state index contributed by atoms with van der Waals surface area (Å²) in [6, 6.07) is 19.6. The van der Waals surface area contributed by atoms with Crippen molar-refractivity contribution < 1.29 is 39.5 Å². The second-order valence-electron chi connectivity index (χ2n) is 10.5. The minimum Gasteiger partial charge on any atom is -0.481 e. The van der Waals surface area contributed by atoms with Gasteiger partial charge in [-0.1, -0.05) is 54.6 Å². The van der Waals surface area contributed by atoms with Crippen LogP contribution >= 0.6 is 0 Å². The first-order valence-electron chi connectivity index (χ1n) is 13.3. The van der Waals surface area contributed by atoms with E-state index in [1.54, 1.807) is 0 Å². The summed E-state index contributed by atoms with van der Waals surface area (Å²) in [6.45, 7) is 4.20. The van der Waals surface area contributed by atoms with Crippen LogP contribution in [0.3, 0.4) is 0 Å². The number of carboxylic acid groups (broad SMARTS) is 3. The maximum absolute atomic E-state index is 10.3. The van der Waals surface area contributed by atoms with Gasteiger partial charge < -0.3 is 30.1 Å². The lowest BCUT2D eigenvalue weighted by atomic mass is 9.86. The SMILES string of the molecule is N=C(OC1CN2CCC1CC2)N1CCc2ccccc2C1c1ccccc1.O=C(O)CC(O)(CC(=O)O)C(=O)O. The molecule has 6 rings (SSSR count). The summed E-state index contributed by atoms with van der Waals surface area (Å²) in [5.74, 6) is -4.41. The summed E-state index contributed by atoms with van der Waals surface area (Å²) in [7, 11) is 0. The number of aliphatic hydroxyl groups is 1. The second kappa shape index (κ2) is 12.5. The second-order valence-corrected chi connectivity index (χ2v) is 10.5. The van der Waals surface area contributed by atoms with Gasteiger partial charge in [-0.3, -0.25) is 19.9 Å². The number of piperidine rings is 3. The number of amidine groups is 1. The number of benzene rings is 2. The van der Waals surface area contributed by atoms with E-state index in [-0.39, 0.29) is 12.1 Å². The number of hydrogen-bond acceptors (Lipinski definition) is 7. The number of rotatable bonds is 7. The van der Waals surface area contributed by atoms with E-state index in [9.17, 15) is 14.4 Å². The van der Waals surface area contributed by atoms with Gasteiger partial charge >= 0.3 is 17.9 Å². The molecule has 0 spiro atoms. The highest BCUT2D eigenvalue weighted by Crippen LogP contribution is 2.36. The summed E-state index contributed by atoms with van der Waals surface area (Å²) in [5, 5.41) is 42.6. The van der Waals surface area contributed by atoms with Crippen molar-refractivity contribution in [2.24, 2.45) is 5.92 Å². The molecule has 2 unspecified atom stereocenters. The number of ether oxygens (including phenoxy) is 1. The molecule has 0 saturated carbocycles. The summed E-state index contributed by atoms with van der Waals surface area (Å²) >= 11 is 0. The smallest absolute Gasteiger partial charge is 0.336 e.